The lowest BCUT2D eigenvalue weighted by Crippen LogP contribution is -2.01. The highest BCUT2D eigenvalue weighted by Gasteiger charge is 2.14. The molecule has 0 bridgehead atoms. The molecule has 25 heavy (non-hydrogen) atoms. The number of nitrogens with zero attached hydrogens (tertiary/aromatic N) is 3. The molecule has 0 aliphatic carbocycles. The Morgan fingerprint density at radius 3 is 2.28 bits per heavy atom. The maximum absolute atomic E-state index is 11.8. The lowest BCUT2D eigenvalue weighted by Gasteiger charge is -2.13. The van der Waals surface area contributed by atoms with E-state index < -0.39 is 21.3 Å². The highest BCUT2D eigenvalue weighted by Crippen LogP contribution is 2.35. The molecule has 0 N–H and O–H groups in total. The van der Waals surface area contributed by atoms with Gasteiger partial charge in [0, 0.05) is 23.9 Å². The van der Waals surface area contributed by atoms with Crippen LogP contribution in [0, 0.1) is 31.6 Å². The summed E-state index contributed by atoms with van der Waals surface area (Å²) in [5.41, 5.74) is -0.0792. The molecule has 0 aliphatic rings. The standard InChI is InChI=1S/C16H11N3O6/c1-25-15-8-10(7-14(16(15)20)19(23)24)6-12(9-17)11-2-4-13(5-3-11)18(21)22/h2-8,20H,1H3/p-1/b12-6+. The number of allylic oxidation sites excluding steroid dienone is 1. The van der Waals surface area contributed by atoms with Gasteiger partial charge in [0.2, 0.25) is 0 Å². The Bertz CT molecular complexity index is 913. The number of ether oxygens (including phenoxy) is 1. The maximum atomic E-state index is 11.8. The third-order valence-corrected chi connectivity index (χ3v) is 3.29. The summed E-state index contributed by atoms with van der Waals surface area (Å²) < 4.78 is 4.84. The van der Waals surface area contributed by atoms with Crippen molar-refractivity contribution in [3.63, 3.8) is 0 Å². The summed E-state index contributed by atoms with van der Waals surface area (Å²) in [6, 6.07) is 9.49. The maximum Gasteiger partial charge on any atom is 0.269 e. The van der Waals surface area contributed by atoms with Crippen LogP contribution in [0.25, 0.3) is 11.6 Å². The number of non-ortho nitro benzene ring substituents is 1. The first kappa shape index (κ1) is 17.4. The molecule has 0 saturated carbocycles. The van der Waals surface area contributed by atoms with Crippen LogP contribution < -0.4 is 9.84 Å². The lowest BCUT2D eigenvalue weighted by molar-refractivity contribution is -0.398. The first-order chi connectivity index (χ1) is 11.9. The molecule has 0 radical (unpaired) electrons. The van der Waals surface area contributed by atoms with Crippen molar-refractivity contribution in [1.82, 2.24) is 0 Å². The van der Waals surface area contributed by atoms with Crippen molar-refractivity contribution in [2.45, 2.75) is 0 Å². The van der Waals surface area contributed by atoms with Gasteiger partial charge in [0.25, 0.3) is 11.4 Å². The van der Waals surface area contributed by atoms with E-state index >= 15 is 0 Å². The van der Waals surface area contributed by atoms with Crippen molar-refractivity contribution in [2.24, 2.45) is 0 Å². The number of hydrogen-bond acceptors (Lipinski definition) is 7. The van der Waals surface area contributed by atoms with Crippen LogP contribution in [0.4, 0.5) is 11.4 Å². The van der Waals surface area contributed by atoms with E-state index in [4.69, 9.17) is 4.74 Å². The number of nitriles is 1. The van der Waals surface area contributed by atoms with Crippen molar-refractivity contribution >= 4 is 23.0 Å². The van der Waals surface area contributed by atoms with E-state index in [1.807, 2.05) is 6.07 Å². The molecule has 0 unspecified atom stereocenters. The number of rotatable bonds is 5. The number of hydrogen-bond donors (Lipinski definition) is 0. The van der Waals surface area contributed by atoms with E-state index in [1.165, 1.54) is 43.5 Å². The normalized spacial score (nSPS) is 10.8. The van der Waals surface area contributed by atoms with Gasteiger partial charge in [-0.2, -0.15) is 5.26 Å². The summed E-state index contributed by atoms with van der Waals surface area (Å²) in [6.45, 7) is 0. The van der Waals surface area contributed by atoms with Gasteiger partial charge < -0.3 is 9.84 Å². The molecule has 0 heterocycles. The molecule has 0 amide bonds. The minimum absolute atomic E-state index is 0.116. The molecule has 0 aliphatic heterocycles. The molecule has 0 fully saturated rings. The number of nitro benzene ring substituents is 2. The molecule has 9 heteroatoms. The molecule has 0 saturated heterocycles. The molecule has 2 aromatic carbocycles. The zero-order valence-electron chi connectivity index (χ0n) is 12.8. The first-order valence-corrected chi connectivity index (χ1v) is 6.77. The summed E-state index contributed by atoms with van der Waals surface area (Å²) in [7, 11) is 1.20. The molecular weight excluding hydrogens is 330 g/mol. The van der Waals surface area contributed by atoms with E-state index in [0.717, 1.165) is 6.07 Å². The number of nitro groups is 2. The van der Waals surface area contributed by atoms with E-state index in [1.54, 1.807) is 0 Å². The molecule has 0 spiro atoms. The highest BCUT2D eigenvalue weighted by molar-refractivity contribution is 5.90. The van der Waals surface area contributed by atoms with Crippen molar-refractivity contribution in [3.05, 3.63) is 67.8 Å². The SMILES string of the molecule is COc1cc(/C=C(\C#N)c2ccc([N+](=O)[O-])cc2)cc([N+](=O)[O-])c1[O-]. The summed E-state index contributed by atoms with van der Waals surface area (Å²) in [5, 5.41) is 42.7. The summed E-state index contributed by atoms with van der Waals surface area (Å²) in [5.74, 6) is -1.08. The first-order valence-electron chi connectivity index (χ1n) is 6.77. The van der Waals surface area contributed by atoms with Gasteiger partial charge in [0.1, 0.15) is 5.75 Å². The van der Waals surface area contributed by atoms with E-state index in [-0.39, 0.29) is 22.6 Å². The lowest BCUT2D eigenvalue weighted by atomic mass is 10.0. The topological polar surface area (TPSA) is 142 Å². The second-order valence-electron chi connectivity index (χ2n) is 4.80. The predicted octanol–water partition coefficient (Wildman–Crippen LogP) is 2.65. The predicted molar refractivity (Wildman–Crippen MR) is 85.7 cm³/mol. The fourth-order valence-electron chi connectivity index (χ4n) is 2.09. The Labute approximate surface area is 141 Å². The molecule has 126 valence electrons. The number of benzene rings is 2. The van der Waals surface area contributed by atoms with Crippen molar-refractivity contribution < 1.29 is 19.7 Å². The monoisotopic (exact) mass is 340 g/mol. The molecule has 9 nitrogen and oxygen atoms in total. The fourth-order valence-corrected chi connectivity index (χ4v) is 2.09. The van der Waals surface area contributed by atoms with Crippen molar-refractivity contribution in [3.8, 4) is 17.6 Å². The molecule has 0 atom stereocenters. The average Bonchev–Trinajstić information content (AvgIpc) is 2.60. The summed E-state index contributed by atoms with van der Waals surface area (Å²) in [4.78, 5) is 20.2. The van der Waals surface area contributed by atoms with Gasteiger partial charge in [-0.05, 0) is 35.4 Å². The second-order valence-corrected chi connectivity index (χ2v) is 4.80. The minimum atomic E-state index is -0.863. The Hall–Kier alpha value is -3.93. The minimum Gasteiger partial charge on any atom is -0.865 e. The molecular formula is C16H10N3O6-. The van der Waals surface area contributed by atoms with Crippen LogP contribution in [0.15, 0.2) is 36.4 Å². The van der Waals surface area contributed by atoms with Crippen LogP contribution in [-0.4, -0.2) is 17.0 Å². The third-order valence-electron chi connectivity index (χ3n) is 3.29. The van der Waals surface area contributed by atoms with Gasteiger partial charge in [-0.3, -0.25) is 20.2 Å². The van der Waals surface area contributed by atoms with Crippen LogP contribution in [0.2, 0.25) is 0 Å². The van der Waals surface area contributed by atoms with Crippen LogP contribution in [0.3, 0.4) is 0 Å². The molecule has 0 aromatic heterocycles. The number of methoxy groups -OCH3 is 1. The molecule has 2 rings (SSSR count). The van der Waals surface area contributed by atoms with Crippen LogP contribution in [-0.2, 0) is 0 Å². The van der Waals surface area contributed by atoms with E-state index in [0.29, 0.717) is 5.56 Å². The van der Waals surface area contributed by atoms with Gasteiger partial charge in [0.15, 0.2) is 0 Å². The summed E-state index contributed by atoms with van der Waals surface area (Å²) >= 11 is 0. The molecule has 2 aromatic rings. The van der Waals surface area contributed by atoms with Gasteiger partial charge in [-0.1, -0.05) is 0 Å². The van der Waals surface area contributed by atoms with E-state index in [9.17, 15) is 30.6 Å². The van der Waals surface area contributed by atoms with Gasteiger partial charge in [-0.15, -0.1) is 0 Å². The fraction of sp³-hybridized carbons (Fsp3) is 0.0625. The Morgan fingerprint density at radius 2 is 1.80 bits per heavy atom. The van der Waals surface area contributed by atoms with Crippen molar-refractivity contribution in [2.75, 3.05) is 7.11 Å². The smallest absolute Gasteiger partial charge is 0.269 e. The zero-order chi connectivity index (χ0) is 18.6. The summed E-state index contributed by atoms with van der Waals surface area (Å²) in [6.07, 6.45) is 1.33. The second kappa shape index (κ2) is 7.10. The van der Waals surface area contributed by atoms with E-state index in [2.05, 4.69) is 0 Å². The largest absolute Gasteiger partial charge is 0.865 e. The van der Waals surface area contributed by atoms with Gasteiger partial charge in [-0.25, -0.2) is 0 Å². The van der Waals surface area contributed by atoms with Crippen LogP contribution in [0.1, 0.15) is 11.1 Å². The third kappa shape index (κ3) is 3.70. The zero-order valence-corrected chi connectivity index (χ0v) is 12.8. The van der Waals surface area contributed by atoms with Crippen LogP contribution in [0.5, 0.6) is 11.5 Å². The quantitative estimate of drug-likeness (QED) is 0.352. The Kier molecular flexibility index (Phi) is 4.95. The van der Waals surface area contributed by atoms with Gasteiger partial charge >= 0.3 is 0 Å². The van der Waals surface area contributed by atoms with Gasteiger partial charge in [0.05, 0.1) is 28.6 Å². The Balaban J connectivity index is 2.52. The van der Waals surface area contributed by atoms with Crippen LogP contribution >= 0.6 is 0 Å². The van der Waals surface area contributed by atoms with Crippen molar-refractivity contribution in [1.29, 1.82) is 5.26 Å². The Morgan fingerprint density at radius 1 is 1.16 bits per heavy atom. The average molecular weight is 340 g/mol. The highest BCUT2D eigenvalue weighted by atomic mass is 16.6.